The summed E-state index contributed by atoms with van der Waals surface area (Å²) in [4.78, 5) is 22.8. The average molecular weight is 412 g/mol. The zero-order chi connectivity index (χ0) is 19.8. The number of halogens is 3. The largest absolute Gasteiger partial charge is 0.488 e. The van der Waals surface area contributed by atoms with E-state index in [9.17, 15) is 14.0 Å². The van der Waals surface area contributed by atoms with E-state index >= 15 is 0 Å². The van der Waals surface area contributed by atoms with Crippen LogP contribution >= 0.6 is 23.2 Å². The van der Waals surface area contributed by atoms with Crippen LogP contribution in [0.4, 0.5) is 4.39 Å². The van der Waals surface area contributed by atoms with Crippen molar-refractivity contribution in [2.24, 2.45) is 5.10 Å². The van der Waals surface area contributed by atoms with Crippen molar-refractivity contribution in [3.05, 3.63) is 63.4 Å². The smallest absolute Gasteiger partial charge is 0.329 e. The molecule has 2 N–H and O–H groups in total. The number of nitrogens with one attached hydrogen (secondary N) is 2. The lowest BCUT2D eigenvalue weighted by molar-refractivity contribution is -0.139. The molecule has 6 nitrogen and oxygen atoms in total. The SMILES string of the molecule is CCNC(=O)C(=O)N/N=C\c1cc(Cl)ccc1OCc1c(F)cccc1Cl. The predicted molar refractivity (Wildman–Crippen MR) is 102 cm³/mol. The average Bonchev–Trinajstić information content (AvgIpc) is 2.62. The molecule has 0 bridgehead atoms. The Bertz CT molecular complexity index is 855. The molecule has 0 fully saturated rings. The highest BCUT2D eigenvalue weighted by Crippen LogP contribution is 2.25. The van der Waals surface area contributed by atoms with E-state index in [0.29, 0.717) is 22.9 Å². The van der Waals surface area contributed by atoms with Gasteiger partial charge in [0.1, 0.15) is 18.2 Å². The fourth-order valence-corrected chi connectivity index (χ4v) is 2.42. The van der Waals surface area contributed by atoms with Crippen molar-refractivity contribution >= 4 is 41.2 Å². The summed E-state index contributed by atoms with van der Waals surface area (Å²) in [7, 11) is 0. The van der Waals surface area contributed by atoms with Gasteiger partial charge in [-0.3, -0.25) is 9.59 Å². The molecule has 0 aromatic heterocycles. The molecule has 2 aromatic carbocycles. The second-order valence-electron chi connectivity index (χ2n) is 5.23. The molecule has 0 saturated carbocycles. The highest BCUT2D eigenvalue weighted by molar-refractivity contribution is 6.35. The van der Waals surface area contributed by atoms with E-state index in [1.54, 1.807) is 31.2 Å². The van der Waals surface area contributed by atoms with Crippen LogP contribution in [0, 0.1) is 5.82 Å². The van der Waals surface area contributed by atoms with Crippen molar-refractivity contribution in [1.82, 2.24) is 10.7 Å². The van der Waals surface area contributed by atoms with E-state index in [1.165, 1.54) is 18.3 Å². The summed E-state index contributed by atoms with van der Waals surface area (Å²) in [5, 5.41) is 6.71. The maximum atomic E-state index is 13.9. The zero-order valence-corrected chi connectivity index (χ0v) is 15.8. The van der Waals surface area contributed by atoms with Crippen LogP contribution in [0.3, 0.4) is 0 Å². The molecule has 0 aliphatic carbocycles. The lowest BCUT2D eigenvalue weighted by Gasteiger charge is -2.11. The molecule has 27 heavy (non-hydrogen) atoms. The van der Waals surface area contributed by atoms with E-state index in [4.69, 9.17) is 27.9 Å². The number of hydrazone groups is 1. The first-order valence-electron chi connectivity index (χ1n) is 7.88. The first-order valence-corrected chi connectivity index (χ1v) is 8.64. The predicted octanol–water partition coefficient (Wildman–Crippen LogP) is 3.30. The van der Waals surface area contributed by atoms with Crippen molar-refractivity contribution in [2.75, 3.05) is 6.54 Å². The van der Waals surface area contributed by atoms with Crippen LogP contribution in [0.15, 0.2) is 41.5 Å². The van der Waals surface area contributed by atoms with Gasteiger partial charge in [0, 0.05) is 22.7 Å². The lowest BCUT2D eigenvalue weighted by atomic mass is 10.2. The van der Waals surface area contributed by atoms with Gasteiger partial charge in [0.2, 0.25) is 0 Å². The van der Waals surface area contributed by atoms with Gasteiger partial charge in [-0.15, -0.1) is 0 Å². The summed E-state index contributed by atoms with van der Waals surface area (Å²) in [6.07, 6.45) is 1.27. The molecule has 2 aromatic rings. The number of ether oxygens (including phenoxy) is 1. The number of hydrogen-bond acceptors (Lipinski definition) is 4. The fraction of sp³-hybridized carbons (Fsp3) is 0.167. The second-order valence-corrected chi connectivity index (χ2v) is 6.07. The molecular weight excluding hydrogens is 396 g/mol. The maximum Gasteiger partial charge on any atom is 0.329 e. The molecule has 2 amide bonds. The van der Waals surface area contributed by atoms with E-state index in [-0.39, 0.29) is 17.2 Å². The van der Waals surface area contributed by atoms with Crippen molar-refractivity contribution in [3.8, 4) is 5.75 Å². The van der Waals surface area contributed by atoms with Gasteiger partial charge in [0.15, 0.2) is 0 Å². The van der Waals surface area contributed by atoms with Gasteiger partial charge >= 0.3 is 11.8 Å². The van der Waals surface area contributed by atoms with Crippen LogP contribution in [0.1, 0.15) is 18.1 Å². The number of carbonyl (C=O) groups is 2. The Hall–Kier alpha value is -2.64. The molecule has 9 heteroatoms. The second kappa shape index (κ2) is 9.89. The first-order chi connectivity index (χ1) is 12.9. The Morgan fingerprint density at radius 3 is 2.70 bits per heavy atom. The number of nitrogens with zero attached hydrogens (tertiary/aromatic N) is 1. The summed E-state index contributed by atoms with van der Waals surface area (Å²) >= 11 is 11.9. The minimum Gasteiger partial charge on any atom is -0.488 e. The summed E-state index contributed by atoms with van der Waals surface area (Å²) in [5.41, 5.74) is 2.73. The molecule has 142 valence electrons. The Labute approximate surface area is 165 Å². The Morgan fingerprint density at radius 2 is 2.00 bits per heavy atom. The number of amides is 2. The number of rotatable bonds is 6. The van der Waals surface area contributed by atoms with Crippen molar-refractivity contribution in [3.63, 3.8) is 0 Å². The molecule has 0 heterocycles. The molecule has 2 rings (SSSR count). The summed E-state index contributed by atoms with van der Waals surface area (Å²) in [6, 6.07) is 9.05. The van der Waals surface area contributed by atoms with Crippen LogP contribution in [0.5, 0.6) is 5.75 Å². The maximum absolute atomic E-state index is 13.9. The van der Waals surface area contributed by atoms with Gasteiger partial charge in [-0.05, 0) is 37.3 Å². The van der Waals surface area contributed by atoms with Crippen LogP contribution in [0.25, 0.3) is 0 Å². The van der Waals surface area contributed by atoms with E-state index in [0.717, 1.165) is 0 Å². The van der Waals surface area contributed by atoms with Gasteiger partial charge in [0.25, 0.3) is 0 Å². The quantitative estimate of drug-likeness (QED) is 0.434. The Kier molecular flexibility index (Phi) is 7.57. The highest BCUT2D eigenvalue weighted by atomic mass is 35.5. The molecule has 0 saturated heterocycles. The topological polar surface area (TPSA) is 79.8 Å². The normalized spacial score (nSPS) is 10.7. The van der Waals surface area contributed by atoms with Crippen molar-refractivity contribution < 1.29 is 18.7 Å². The molecule has 0 radical (unpaired) electrons. The molecular formula is C18H16Cl2FN3O3. The van der Waals surface area contributed by atoms with Crippen LogP contribution in [0.2, 0.25) is 10.0 Å². The van der Waals surface area contributed by atoms with Gasteiger partial charge in [0.05, 0.1) is 11.2 Å². The molecule has 0 aliphatic rings. The van der Waals surface area contributed by atoms with Gasteiger partial charge in [-0.1, -0.05) is 29.3 Å². The third-order valence-corrected chi connectivity index (χ3v) is 3.91. The van der Waals surface area contributed by atoms with E-state index < -0.39 is 17.6 Å². The monoisotopic (exact) mass is 411 g/mol. The van der Waals surface area contributed by atoms with E-state index in [2.05, 4.69) is 15.8 Å². The first kappa shape index (κ1) is 20.7. The van der Waals surface area contributed by atoms with Crippen molar-refractivity contribution in [2.45, 2.75) is 13.5 Å². The van der Waals surface area contributed by atoms with Crippen LogP contribution < -0.4 is 15.5 Å². The summed E-state index contributed by atoms with van der Waals surface area (Å²) in [6.45, 7) is 1.89. The van der Waals surface area contributed by atoms with E-state index in [1.807, 2.05) is 0 Å². The summed E-state index contributed by atoms with van der Waals surface area (Å²) in [5.74, 6) is -1.85. The lowest BCUT2D eigenvalue weighted by Crippen LogP contribution is -2.37. The Morgan fingerprint density at radius 1 is 1.22 bits per heavy atom. The van der Waals surface area contributed by atoms with Gasteiger partial charge in [-0.2, -0.15) is 5.10 Å². The third kappa shape index (κ3) is 5.94. The molecule has 0 aliphatic heterocycles. The van der Waals surface area contributed by atoms with Gasteiger partial charge < -0.3 is 10.1 Å². The van der Waals surface area contributed by atoms with Crippen LogP contribution in [-0.2, 0) is 16.2 Å². The number of likely N-dealkylation sites (N-methyl/N-ethyl adjacent to an activating group) is 1. The number of benzene rings is 2. The molecule has 0 spiro atoms. The van der Waals surface area contributed by atoms with Crippen LogP contribution in [-0.4, -0.2) is 24.6 Å². The zero-order valence-electron chi connectivity index (χ0n) is 14.3. The van der Waals surface area contributed by atoms with Crippen molar-refractivity contribution in [1.29, 1.82) is 0 Å². The summed E-state index contributed by atoms with van der Waals surface area (Å²) < 4.78 is 19.5. The Balaban J connectivity index is 2.11. The highest BCUT2D eigenvalue weighted by Gasteiger charge is 2.12. The standard InChI is InChI=1S/C18H16Cl2FN3O3/c1-2-22-17(25)18(26)24-23-9-11-8-12(19)6-7-16(11)27-10-13-14(20)4-3-5-15(13)21/h3-9H,2,10H2,1H3,(H,22,25)(H,24,26)/b23-9-. The molecule has 0 unspecified atom stereocenters. The third-order valence-electron chi connectivity index (χ3n) is 3.32. The molecule has 0 atom stereocenters. The van der Waals surface area contributed by atoms with Gasteiger partial charge in [-0.25, -0.2) is 9.82 Å². The minimum absolute atomic E-state index is 0.112. The minimum atomic E-state index is -0.907. The fourth-order valence-electron chi connectivity index (χ4n) is 2.02. The number of carbonyl (C=O) groups excluding carboxylic acids is 2. The number of hydrogen-bond donors (Lipinski definition) is 2.